The van der Waals surface area contributed by atoms with Crippen molar-refractivity contribution in [2.24, 2.45) is 10.4 Å². The van der Waals surface area contributed by atoms with Crippen LogP contribution in [0, 0.1) is 5.41 Å². The van der Waals surface area contributed by atoms with Crippen LogP contribution in [0.3, 0.4) is 0 Å². The summed E-state index contributed by atoms with van der Waals surface area (Å²) >= 11 is 0. The molecule has 1 atom stereocenters. The molecule has 1 aromatic heterocycles. The molecule has 0 spiro atoms. The molecule has 0 aromatic carbocycles. The smallest absolute Gasteiger partial charge is 0.194 e. The van der Waals surface area contributed by atoms with Crippen LogP contribution in [-0.2, 0) is 19.5 Å². The Hall–Kier alpha value is -0.860. The number of halogens is 1. The van der Waals surface area contributed by atoms with Gasteiger partial charge in [0.25, 0.3) is 0 Å². The average Bonchev–Trinajstić information content (AvgIpc) is 3.15. The van der Waals surface area contributed by atoms with Crippen molar-refractivity contribution in [2.45, 2.75) is 72.4 Å². The first kappa shape index (κ1) is 20.5. The maximum absolute atomic E-state index is 4.89. The minimum atomic E-state index is 0. The number of hydrogen-bond acceptors (Lipinski definition) is 3. The molecule has 1 unspecified atom stereocenters. The van der Waals surface area contributed by atoms with Gasteiger partial charge >= 0.3 is 0 Å². The van der Waals surface area contributed by atoms with E-state index in [9.17, 15) is 0 Å². The highest BCUT2D eigenvalue weighted by Crippen LogP contribution is 2.33. The average molecular weight is 460 g/mol. The van der Waals surface area contributed by atoms with Crippen LogP contribution in [0.5, 0.6) is 0 Å². The zero-order valence-corrected chi connectivity index (χ0v) is 18.3. The molecule has 0 aliphatic carbocycles. The Morgan fingerprint density at radius 2 is 2.08 bits per heavy atom. The van der Waals surface area contributed by atoms with Crippen LogP contribution < -0.4 is 5.32 Å². The molecular formula is C18H33IN6. The van der Waals surface area contributed by atoms with E-state index in [0.717, 1.165) is 50.2 Å². The van der Waals surface area contributed by atoms with Crippen LogP contribution in [0.15, 0.2) is 4.99 Å². The molecule has 3 heterocycles. The summed E-state index contributed by atoms with van der Waals surface area (Å²) in [6, 6.07) is 0. The first-order chi connectivity index (χ1) is 11.6. The summed E-state index contributed by atoms with van der Waals surface area (Å²) in [5.41, 5.74) is 0.416. The molecule has 0 bridgehead atoms. The zero-order chi connectivity index (χ0) is 17.0. The molecule has 1 N–H and O–H groups in total. The van der Waals surface area contributed by atoms with Crippen LogP contribution in [0.2, 0.25) is 0 Å². The predicted molar refractivity (Wildman–Crippen MR) is 112 cm³/mol. The number of hydrogen-bond donors (Lipinski definition) is 1. The molecule has 2 aliphatic heterocycles. The number of piperidine rings is 1. The molecule has 3 rings (SSSR count). The fourth-order valence-electron chi connectivity index (χ4n) is 4.20. The second kappa shape index (κ2) is 9.19. The second-order valence-corrected chi connectivity index (χ2v) is 7.54. The lowest BCUT2D eigenvalue weighted by Gasteiger charge is -2.42. The molecule has 1 saturated heterocycles. The number of nitrogens with one attached hydrogen (secondary N) is 1. The van der Waals surface area contributed by atoms with Gasteiger partial charge in [-0.1, -0.05) is 20.3 Å². The largest absolute Gasteiger partial charge is 0.357 e. The van der Waals surface area contributed by atoms with Crippen molar-refractivity contribution in [1.29, 1.82) is 0 Å². The maximum atomic E-state index is 4.89. The van der Waals surface area contributed by atoms with E-state index in [1.54, 1.807) is 0 Å². The Kier molecular flexibility index (Phi) is 7.51. The van der Waals surface area contributed by atoms with E-state index in [-0.39, 0.29) is 24.0 Å². The Morgan fingerprint density at radius 1 is 1.24 bits per heavy atom. The van der Waals surface area contributed by atoms with E-state index in [1.807, 2.05) is 0 Å². The highest BCUT2D eigenvalue weighted by molar-refractivity contribution is 14.0. The van der Waals surface area contributed by atoms with Gasteiger partial charge in [-0.25, -0.2) is 4.99 Å². The van der Waals surface area contributed by atoms with E-state index >= 15 is 0 Å². The monoisotopic (exact) mass is 460 g/mol. The summed E-state index contributed by atoms with van der Waals surface area (Å²) in [6.07, 6.45) is 7.36. The first-order valence-electron chi connectivity index (χ1n) is 9.59. The Labute approximate surface area is 168 Å². The molecule has 2 aliphatic rings. The highest BCUT2D eigenvalue weighted by Gasteiger charge is 2.31. The van der Waals surface area contributed by atoms with Gasteiger partial charge in [0, 0.05) is 32.6 Å². The third-order valence-electron chi connectivity index (χ3n) is 5.33. The van der Waals surface area contributed by atoms with Crippen LogP contribution in [-0.4, -0.2) is 45.3 Å². The SMILES string of the molecule is CCCC1(C)CCCN(C(=NCc2nnc3n2CCC3)NCC)C1.I. The fourth-order valence-corrected chi connectivity index (χ4v) is 4.20. The maximum Gasteiger partial charge on any atom is 0.194 e. The van der Waals surface area contributed by atoms with Crippen molar-refractivity contribution < 1.29 is 0 Å². The number of aliphatic imine (C=N–C) groups is 1. The summed E-state index contributed by atoms with van der Waals surface area (Å²) in [5.74, 6) is 3.17. The van der Waals surface area contributed by atoms with Gasteiger partial charge in [0.1, 0.15) is 12.4 Å². The van der Waals surface area contributed by atoms with Gasteiger partial charge in [0.05, 0.1) is 0 Å². The van der Waals surface area contributed by atoms with Crippen molar-refractivity contribution >= 4 is 29.9 Å². The Bertz CT molecular complexity index is 580. The Balaban J connectivity index is 0.00000225. The normalized spacial score (nSPS) is 23.3. The standard InChI is InChI=1S/C18H32N6.HI/c1-4-9-18(3)10-7-11-23(14-18)17(19-5-2)20-13-16-22-21-15-8-6-12-24(15)16;/h4-14H2,1-3H3,(H,19,20);1H. The first-order valence-corrected chi connectivity index (χ1v) is 9.59. The van der Waals surface area contributed by atoms with E-state index in [4.69, 9.17) is 4.99 Å². The van der Waals surface area contributed by atoms with Crippen molar-refractivity contribution in [3.63, 3.8) is 0 Å². The summed E-state index contributed by atoms with van der Waals surface area (Å²) in [6.45, 7) is 11.6. The van der Waals surface area contributed by atoms with E-state index in [0.29, 0.717) is 12.0 Å². The van der Waals surface area contributed by atoms with Crippen molar-refractivity contribution in [3.05, 3.63) is 11.6 Å². The zero-order valence-electron chi connectivity index (χ0n) is 15.9. The van der Waals surface area contributed by atoms with Gasteiger partial charge in [0.2, 0.25) is 0 Å². The number of rotatable bonds is 5. The van der Waals surface area contributed by atoms with Gasteiger partial charge in [-0.3, -0.25) is 0 Å². The number of likely N-dealkylation sites (tertiary alicyclic amines) is 1. The molecule has 6 nitrogen and oxygen atoms in total. The van der Waals surface area contributed by atoms with E-state index in [2.05, 4.69) is 45.8 Å². The molecule has 1 fully saturated rings. The highest BCUT2D eigenvalue weighted by atomic mass is 127. The van der Waals surface area contributed by atoms with Crippen LogP contribution in [0.4, 0.5) is 0 Å². The minimum Gasteiger partial charge on any atom is -0.357 e. The Morgan fingerprint density at radius 3 is 2.84 bits per heavy atom. The molecule has 142 valence electrons. The van der Waals surface area contributed by atoms with Crippen LogP contribution in [0.25, 0.3) is 0 Å². The van der Waals surface area contributed by atoms with Crippen molar-refractivity contribution in [3.8, 4) is 0 Å². The van der Waals surface area contributed by atoms with Gasteiger partial charge in [-0.2, -0.15) is 0 Å². The van der Waals surface area contributed by atoms with Crippen LogP contribution >= 0.6 is 24.0 Å². The lowest BCUT2D eigenvalue weighted by Crippen LogP contribution is -2.49. The number of fused-ring (bicyclic) bond motifs is 1. The van der Waals surface area contributed by atoms with E-state index in [1.165, 1.54) is 32.1 Å². The predicted octanol–water partition coefficient (Wildman–Crippen LogP) is 3.21. The minimum absolute atomic E-state index is 0. The molecule has 0 radical (unpaired) electrons. The topological polar surface area (TPSA) is 58.3 Å². The van der Waals surface area contributed by atoms with E-state index < -0.39 is 0 Å². The molecule has 25 heavy (non-hydrogen) atoms. The van der Waals surface area contributed by atoms with Gasteiger partial charge in [-0.15, -0.1) is 34.2 Å². The summed E-state index contributed by atoms with van der Waals surface area (Å²) in [5, 5.41) is 12.1. The quantitative estimate of drug-likeness (QED) is 0.417. The van der Waals surface area contributed by atoms with Gasteiger partial charge < -0.3 is 14.8 Å². The van der Waals surface area contributed by atoms with Crippen molar-refractivity contribution in [1.82, 2.24) is 25.0 Å². The molecule has 0 saturated carbocycles. The summed E-state index contributed by atoms with van der Waals surface area (Å²) in [7, 11) is 0. The molecule has 7 heteroatoms. The van der Waals surface area contributed by atoms with Gasteiger partial charge in [-0.05, 0) is 38.0 Å². The number of aryl methyl sites for hydroxylation is 1. The summed E-state index contributed by atoms with van der Waals surface area (Å²) < 4.78 is 2.24. The lowest BCUT2D eigenvalue weighted by molar-refractivity contribution is 0.142. The number of nitrogens with zero attached hydrogens (tertiary/aromatic N) is 5. The number of guanidine groups is 1. The second-order valence-electron chi connectivity index (χ2n) is 7.54. The van der Waals surface area contributed by atoms with Gasteiger partial charge in [0.15, 0.2) is 11.8 Å². The summed E-state index contributed by atoms with van der Waals surface area (Å²) in [4.78, 5) is 7.34. The third kappa shape index (κ3) is 4.86. The molecule has 1 aromatic rings. The van der Waals surface area contributed by atoms with Crippen LogP contribution in [0.1, 0.15) is 64.5 Å². The fraction of sp³-hybridized carbons (Fsp3) is 0.833. The molecular weight excluding hydrogens is 427 g/mol. The van der Waals surface area contributed by atoms with Crippen molar-refractivity contribution in [2.75, 3.05) is 19.6 Å². The molecule has 0 amide bonds. The number of aromatic nitrogens is 3. The lowest BCUT2D eigenvalue weighted by atomic mass is 9.78. The third-order valence-corrected chi connectivity index (χ3v) is 5.33.